The van der Waals surface area contributed by atoms with Crippen LogP contribution in [0.25, 0.3) is 0 Å². The summed E-state index contributed by atoms with van der Waals surface area (Å²) < 4.78 is 0.533. The molecule has 2 heterocycles. The van der Waals surface area contributed by atoms with Crippen LogP contribution in [-0.2, 0) is 4.79 Å². The van der Waals surface area contributed by atoms with E-state index in [-0.39, 0.29) is 22.2 Å². The van der Waals surface area contributed by atoms with Gasteiger partial charge in [0.15, 0.2) is 4.34 Å². The third-order valence-electron chi connectivity index (χ3n) is 2.90. The highest BCUT2D eigenvalue weighted by Gasteiger charge is 2.15. The summed E-state index contributed by atoms with van der Waals surface area (Å²) >= 11 is 15.5. The first-order valence-electron chi connectivity index (χ1n) is 7.23. The van der Waals surface area contributed by atoms with Crippen LogP contribution < -0.4 is 10.6 Å². The Balaban J connectivity index is 1.54. The molecule has 2 N–H and O–H groups in total. The number of rotatable bonds is 6. The van der Waals surface area contributed by atoms with E-state index in [9.17, 15) is 9.59 Å². The number of anilines is 2. The van der Waals surface area contributed by atoms with Gasteiger partial charge in [0, 0.05) is 5.02 Å². The van der Waals surface area contributed by atoms with Crippen molar-refractivity contribution in [2.24, 2.45) is 0 Å². The van der Waals surface area contributed by atoms with Crippen molar-refractivity contribution in [1.82, 2.24) is 20.4 Å². The van der Waals surface area contributed by atoms with Crippen LogP contribution in [0.1, 0.15) is 15.4 Å². The molecule has 0 aliphatic carbocycles. The highest BCUT2D eigenvalue weighted by Crippen LogP contribution is 2.27. The summed E-state index contributed by atoms with van der Waals surface area (Å²) in [6, 6.07) is 4.60. The van der Waals surface area contributed by atoms with Crippen molar-refractivity contribution in [2.75, 3.05) is 16.4 Å². The minimum absolute atomic E-state index is 0.126. The number of hydrogen-bond acceptors (Lipinski definition) is 9. The molecule has 13 heteroatoms. The van der Waals surface area contributed by atoms with E-state index in [2.05, 4.69) is 31.0 Å². The molecule has 140 valence electrons. The van der Waals surface area contributed by atoms with Crippen molar-refractivity contribution in [3.8, 4) is 0 Å². The van der Waals surface area contributed by atoms with Crippen molar-refractivity contribution in [1.29, 1.82) is 0 Å². The summed E-state index contributed by atoms with van der Waals surface area (Å²) in [4.78, 5) is 24.2. The molecule has 2 amide bonds. The van der Waals surface area contributed by atoms with Crippen LogP contribution in [0.4, 0.5) is 10.3 Å². The summed E-state index contributed by atoms with van der Waals surface area (Å²) in [6.07, 6.45) is 0. The van der Waals surface area contributed by atoms with Crippen LogP contribution in [-0.4, -0.2) is 38.0 Å². The first kappa shape index (κ1) is 20.0. The quantitative estimate of drug-likeness (QED) is 0.422. The van der Waals surface area contributed by atoms with Gasteiger partial charge in [-0.2, -0.15) is 0 Å². The maximum absolute atomic E-state index is 12.3. The Morgan fingerprint density at radius 3 is 2.56 bits per heavy atom. The summed E-state index contributed by atoms with van der Waals surface area (Å²) in [6.45, 7) is 1.80. The van der Waals surface area contributed by atoms with E-state index in [0.29, 0.717) is 19.6 Å². The summed E-state index contributed by atoms with van der Waals surface area (Å²) in [5.41, 5.74) is 0.236. The van der Waals surface area contributed by atoms with Crippen LogP contribution in [0, 0.1) is 6.92 Å². The third kappa shape index (κ3) is 5.59. The van der Waals surface area contributed by atoms with Gasteiger partial charge in [-0.15, -0.1) is 20.4 Å². The van der Waals surface area contributed by atoms with Crippen molar-refractivity contribution >= 4 is 79.7 Å². The number of nitrogens with zero attached hydrogens (tertiary/aromatic N) is 4. The number of aryl methyl sites for hydroxylation is 1. The van der Waals surface area contributed by atoms with Crippen molar-refractivity contribution < 1.29 is 9.59 Å². The average Bonchev–Trinajstić information content (AvgIpc) is 3.24. The normalized spacial score (nSPS) is 10.6. The standard InChI is InChI=1S/C14H10Cl2N6O2S3/c1-6-19-20-12(26-6)17-10(23)5-25-14-22-21-13(27-14)18-11(24)8-4-7(15)2-3-9(8)16/h2-4H,5H2,1H3,(H,17,20,23)(H,18,21,24). The zero-order chi connectivity index (χ0) is 19.4. The first-order valence-corrected chi connectivity index (χ1v) is 10.6. The molecule has 0 saturated heterocycles. The van der Waals surface area contributed by atoms with Gasteiger partial charge in [-0.05, 0) is 25.1 Å². The van der Waals surface area contributed by atoms with Crippen molar-refractivity contribution in [2.45, 2.75) is 11.3 Å². The number of carbonyl (C=O) groups is 2. The van der Waals surface area contributed by atoms with Crippen LogP contribution in [0.3, 0.4) is 0 Å². The van der Waals surface area contributed by atoms with E-state index >= 15 is 0 Å². The number of aromatic nitrogens is 4. The topological polar surface area (TPSA) is 110 Å². The van der Waals surface area contributed by atoms with Gasteiger partial charge in [0.25, 0.3) is 5.91 Å². The van der Waals surface area contributed by atoms with Crippen LogP contribution in [0.2, 0.25) is 10.0 Å². The lowest BCUT2D eigenvalue weighted by atomic mass is 10.2. The van der Waals surface area contributed by atoms with Gasteiger partial charge in [-0.3, -0.25) is 20.2 Å². The molecule has 0 saturated carbocycles. The second kappa shape index (κ2) is 8.93. The highest BCUT2D eigenvalue weighted by atomic mass is 35.5. The molecule has 27 heavy (non-hydrogen) atoms. The molecular formula is C14H10Cl2N6O2S3. The molecule has 1 aromatic carbocycles. The van der Waals surface area contributed by atoms with E-state index in [1.54, 1.807) is 13.0 Å². The molecule has 0 fully saturated rings. The number of hydrogen-bond donors (Lipinski definition) is 2. The Hall–Kier alpha value is -1.79. The molecule has 0 radical (unpaired) electrons. The number of halogens is 2. The molecular weight excluding hydrogens is 451 g/mol. The maximum atomic E-state index is 12.3. The number of benzene rings is 1. The lowest BCUT2D eigenvalue weighted by Crippen LogP contribution is -2.13. The lowest BCUT2D eigenvalue weighted by molar-refractivity contribution is -0.113. The van der Waals surface area contributed by atoms with Gasteiger partial charge in [0.2, 0.25) is 16.2 Å². The van der Waals surface area contributed by atoms with Gasteiger partial charge in [0.05, 0.1) is 16.3 Å². The summed E-state index contributed by atoms with van der Waals surface area (Å²) in [7, 11) is 0. The lowest BCUT2D eigenvalue weighted by Gasteiger charge is -2.03. The zero-order valence-corrected chi connectivity index (χ0v) is 17.5. The smallest absolute Gasteiger partial charge is 0.259 e. The Kier molecular flexibility index (Phi) is 6.60. The molecule has 2 aromatic heterocycles. The number of thioether (sulfide) groups is 1. The molecule has 0 aliphatic heterocycles. The van der Waals surface area contributed by atoms with Gasteiger partial charge in [-0.1, -0.05) is 57.6 Å². The fraction of sp³-hybridized carbons (Fsp3) is 0.143. The fourth-order valence-electron chi connectivity index (χ4n) is 1.78. The van der Waals surface area contributed by atoms with Gasteiger partial charge < -0.3 is 0 Å². The molecule has 8 nitrogen and oxygen atoms in total. The Labute approximate surface area is 175 Å². The van der Waals surface area contributed by atoms with Gasteiger partial charge in [0.1, 0.15) is 5.01 Å². The average molecular weight is 461 g/mol. The van der Waals surface area contributed by atoms with E-state index in [1.807, 2.05) is 0 Å². The number of nitrogens with one attached hydrogen (secondary N) is 2. The maximum Gasteiger partial charge on any atom is 0.259 e. The predicted molar refractivity (Wildman–Crippen MR) is 108 cm³/mol. The Bertz CT molecular complexity index is 993. The molecule has 0 atom stereocenters. The Morgan fingerprint density at radius 2 is 1.81 bits per heavy atom. The minimum Gasteiger partial charge on any atom is -0.300 e. The molecule has 3 aromatic rings. The van der Waals surface area contributed by atoms with Crippen LogP contribution in [0.15, 0.2) is 22.5 Å². The summed E-state index contributed by atoms with van der Waals surface area (Å²) in [5.74, 6) is -0.552. The molecule has 0 bridgehead atoms. The molecule has 0 spiro atoms. The minimum atomic E-state index is -0.445. The second-order valence-electron chi connectivity index (χ2n) is 4.91. The van der Waals surface area contributed by atoms with E-state index < -0.39 is 5.91 Å². The van der Waals surface area contributed by atoms with E-state index in [4.69, 9.17) is 23.2 Å². The largest absolute Gasteiger partial charge is 0.300 e. The third-order valence-corrected chi connectivity index (χ3v) is 6.19. The molecule has 0 unspecified atom stereocenters. The van der Waals surface area contributed by atoms with E-state index in [1.165, 1.54) is 35.2 Å². The Morgan fingerprint density at radius 1 is 1.07 bits per heavy atom. The SMILES string of the molecule is Cc1nnc(NC(=O)CSc2nnc(NC(=O)c3cc(Cl)ccc3Cl)s2)s1. The zero-order valence-electron chi connectivity index (χ0n) is 13.5. The van der Waals surface area contributed by atoms with Crippen LogP contribution in [0.5, 0.6) is 0 Å². The van der Waals surface area contributed by atoms with Gasteiger partial charge >= 0.3 is 0 Å². The van der Waals surface area contributed by atoms with Crippen molar-refractivity contribution in [3.63, 3.8) is 0 Å². The van der Waals surface area contributed by atoms with Crippen molar-refractivity contribution in [3.05, 3.63) is 38.8 Å². The fourth-order valence-corrected chi connectivity index (χ4v) is 4.31. The number of carbonyl (C=O) groups excluding carboxylic acids is 2. The first-order chi connectivity index (χ1) is 12.9. The monoisotopic (exact) mass is 460 g/mol. The number of amides is 2. The predicted octanol–water partition coefficient (Wildman–Crippen LogP) is 3.99. The van der Waals surface area contributed by atoms with E-state index in [0.717, 1.165) is 16.3 Å². The molecule has 3 rings (SSSR count). The second-order valence-corrected chi connectivity index (χ2v) is 9.14. The van der Waals surface area contributed by atoms with Crippen LogP contribution >= 0.6 is 57.6 Å². The summed E-state index contributed by atoms with van der Waals surface area (Å²) in [5, 5.41) is 22.9. The highest BCUT2D eigenvalue weighted by molar-refractivity contribution is 8.01. The van der Waals surface area contributed by atoms with Gasteiger partial charge in [-0.25, -0.2) is 0 Å². The molecule has 0 aliphatic rings.